The number of allylic oxidation sites excluding steroid dienone is 1. The number of hydrogen-bond acceptors (Lipinski definition) is 5. The molecule has 0 aromatic heterocycles. The van der Waals surface area contributed by atoms with Crippen LogP contribution in [-0.4, -0.2) is 77.1 Å². The molecule has 1 fully saturated rings. The van der Waals surface area contributed by atoms with Gasteiger partial charge in [0.05, 0.1) is 6.54 Å². The summed E-state index contributed by atoms with van der Waals surface area (Å²) in [6.07, 6.45) is 3.15. The van der Waals surface area contributed by atoms with Gasteiger partial charge < -0.3 is 28.8 Å². The summed E-state index contributed by atoms with van der Waals surface area (Å²) in [5.41, 5.74) is 0. The van der Waals surface area contributed by atoms with Crippen LogP contribution in [0.2, 0.25) is 0 Å². The van der Waals surface area contributed by atoms with Gasteiger partial charge in [-0.25, -0.2) is 0 Å². The van der Waals surface area contributed by atoms with E-state index in [9.17, 15) is 5.21 Å². The summed E-state index contributed by atoms with van der Waals surface area (Å²) in [6.45, 7) is 2.93. The topological polar surface area (TPSA) is 60.0 Å². The normalized spacial score (nSPS) is 37.9. The largest absolute Gasteiger partial charge is 0.632 e. The predicted octanol–water partition coefficient (Wildman–Crippen LogP) is 0.951. The van der Waals surface area contributed by atoms with Gasteiger partial charge >= 0.3 is 0 Å². The molecular formula is C14H27NO5. The predicted molar refractivity (Wildman–Crippen MR) is 76.2 cm³/mol. The summed E-state index contributed by atoms with van der Waals surface area (Å²) < 4.78 is 21.1. The van der Waals surface area contributed by atoms with Crippen molar-refractivity contribution in [2.45, 2.75) is 31.2 Å². The molecule has 4 atom stereocenters. The smallest absolute Gasteiger partial charge is 0.143 e. The summed E-state index contributed by atoms with van der Waals surface area (Å²) in [6, 6.07) is -0.655. The van der Waals surface area contributed by atoms with Crippen molar-refractivity contribution in [2.75, 3.05) is 48.2 Å². The number of rotatable bonds is 8. The Morgan fingerprint density at radius 2 is 1.40 bits per heavy atom. The minimum Gasteiger partial charge on any atom is -0.632 e. The van der Waals surface area contributed by atoms with Crippen LogP contribution in [0.3, 0.4) is 0 Å². The molecule has 1 aliphatic heterocycles. The quantitative estimate of drug-likeness (QED) is 0.378. The summed E-state index contributed by atoms with van der Waals surface area (Å²) in [5.74, 6) is 0. The van der Waals surface area contributed by atoms with Gasteiger partial charge in [0, 0.05) is 28.4 Å². The Labute approximate surface area is 121 Å². The summed E-state index contributed by atoms with van der Waals surface area (Å²) in [7, 11) is 6.40. The third kappa shape index (κ3) is 3.21. The maximum Gasteiger partial charge on any atom is 0.143 e. The minimum absolute atomic E-state index is 0.303. The molecule has 1 saturated heterocycles. The molecule has 20 heavy (non-hydrogen) atoms. The molecule has 0 N–H and O–H groups in total. The third-order valence-corrected chi connectivity index (χ3v) is 4.05. The summed E-state index contributed by atoms with van der Waals surface area (Å²) >= 11 is 0. The van der Waals surface area contributed by atoms with Gasteiger partial charge in [-0.1, -0.05) is 6.08 Å². The minimum atomic E-state index is -0.441. The number of quaternary nitrogens is 1. The van der Waals surface area contributed by atoms with Crippen LogP contribution in [0.4, 0.5) is 0 Å². The molecule has 0 unspecified atom stereocenters. The van der Waals surface area contributed by atoms with Gasteiger partial charge in [0.25, 0.3) is 0 Å². The fraction of sp³-hybridized carbons (Fsp3) is 0.857. The average Bonchev–Trinajstić information content (AvgIpc) is 2.67. The zero-order chi connectivity index (χ0) is 15.2. The van der Waals surface area contributed by atoms with Crippen LogP contribution in [0.5, 0.6) is 0 Å². The first kappa shape index (κ1) is 17.6. The lowest BCUT2D eigenvalue weighted by Gasteiger charge is -2.48. The van der Waals surface area contributed by atoms with Crippen molar-refractivity contribution in [3.63, 3.8) is 0 Å². The molecule has 0 radical (unpaired) electrons. The molecule has 0 saturated carbocycles. The maximum atomic E-state index is 13.4. The zero-order valence-corrected chi connectivity index (χ0v) is 13.1. The molecule has 0 amide bonds. The van der Waals surface area contributed by atoms with E-state index in [1.807, 2.05) is 19.1 Å². The van der Waals surface area contributed by atoms with Gasteiger partial charge in [-0.2, -0.15) is 0 Å². The molecule has 6 nitrogen and oxygen atoms in total. The van der Waals surface area contributed by atoms with Gasteiger partial charge in [0.15, 0.2) is 0 Å². The molecule has 0 bridgehead atoms. The highest BCUT2D eigenvalue weighted by Crippen LogP contribution is 2.36. The van der Waals surface area contributed by atoms with Crippen LogP contribution >= 0.6 is 0 Å². The first-order valence-electron chi connectivity index (χ1n) is 6.83. The van der Waals surface area contributed by atoms with Crippen LogP contribution in [0.25, 0.3) is 0 Å². The number of likely N-dealkylation sites (tertiary alicyclic amines) is 1. The van der Waals surface area contributed by atoms with Crippen LogP contribution in [0.15, 0.2) is 12.2 Å². The van der Waals surface area contributed by atoms with E-state index >= 15 is 0 Å². The molecular weight excluding hydrogens is 262 g/mol. The maximum absolute atomic E-state index is 13.4. The Morgan fingerprint density at radius 3 is 1.70 bits per heavy atom. The second-order valence-electron chi connectivity index (χ2n) is 5.05. The molecule has 118 valence electrons. The van der Waals surface area contributed by atoms with Crippen molar-refractivity contribution < 1.29 is 23.6 Å². The van der Waals surface area contributed by atoms with Gasteiger partial charge in [0.1, 0.15) is 37.5 Å². The Morgan fingerprint density at radius 1 is 0.950 bits per heavy atom. The van der Waals surface area contributed by atoms with E-state index in [1.54, 1.807) is 28.4 Å². The highest BCUT2D eigenvalue weighted by atomic mass is 16.6. The van der Waals surface area contributed by atoms with Gasteiger partial charge in [-0.3, -0.25) is 0 Å². The molecule has 0 spiro atoms. The van der Waals surface area contributed by atoms with Crippen molar-refractivity contribution >= 4 is 0 Å². The van der Waals surface area contributed by atoms with E-state index in [0.717, 1.165) is 0 Å². The van der Waals surface area contributed by atoms with Crippen LogP contribution in [0.1, 0.15) is 6.92 Å². The summed E-state index contributed by atoms with van der Waals surface area (Å²) in [4.78, 5) is 0. The SMILES string of the molecule is C/C=C/C[N+]1([O-])[C@@H](COC)[C@@H](OC)[C@H](OC)[C@@H]1COC. The lowest BCUT2D eigenvalue weighted by Crippen LogP contribution is -2.57. The average molecular weight is 289 g/mol. The number of ether oxygens (including phenoxy) is 4. The van der Waals surface area contributed by atoms with Crippen molar-refractivity contribution in [3.05, 3.63) is 17.4 Å². The van der Waals surface area contributed by atoms with E-state index in [2.05, 4.69) is 0 Å². The molecule has 0 aromatic carbocycles. The van der Waals surface area contributed by atoms with E-state index in [1.165, 1.54) is 0 Å². The van der Waals surface area contributed by atoms with Crippen molar-refractivity contribution in [2.24, 2.45) is 0 Å². The molecule has 1 heterocycles. The van der Waals surface area contributed by atoms with Crippen LogP contribution in [-0.2, 0) is 18.9 Å². The van der Waals surface area contributed by atoms with Crippen LogP contribution < -0.4 is 0 Å². The van der Waals surface area contributed by atoms with Gasteiger partial charge in [-0.15, -0.1) is 0 Å². The summed E-state index contributed by atoms with van der Waals surface area (Å²) in [5, 5.41) is 13.4. The molecule has 1 aliphatic rings. The molecule has 6 heteroatoms. The standard InChI is InChI=1S/C14H27NO5/c1-6-7-8-15(16)11(9-17-2)13(19-4)14(20-5)12(15)10-18-3/h6-7,11-14H,8-10H2,1-5H3/b7-6+/t11-,12-,13+,14+/m0/s1. The fourth-order valence-corrected chi connectivity index (χ4v) is 3.09. The number of nitrogens with zero attached hydrogens (tertiary/aromatic N) is 1. The first-order valence-corrected chi connectivity index (χ1v) is 6.83. The van der Waals surface area contributed by atoms with E-state index in [-0.39, 0.29) is 24.3 Å². The molecule has 0 aliphatic carbocycles. The molecule has 0 aromatic rings. The first-order chi connectivity index (χ1) is 9.60. The van der Waals surface area contributed by atoms with Crippen molar-refractivity contribution in [1.29, 1.82) is 0 Å². The van der Waals surface area contributed by atoms with Crippen LogP contribution in [0, 0.1) is 5.21 Å². The second-order valence-corrected chi connectivity index (χ2v) is 5.05. The Kier molecular flexibility index (Phi) is 7.08. The molecule has 1 rings (SSSR count). The zero-order valence-electron chi connectivity index (χ0n) is 13.1. The van der Waals surface area contributed by atoms with E-state index < -0.39 is 4.65 Å². The van der Waals surface area contributed by atoms with Gasteiger partial charge in [0.2, 0.25) is 0 Å². The lowest BCUT2D eigenvalue weighted by molar-refractivity contribution is -0.914. The number of methoxy groups -OCH3 is 4. The second kappa shape index (κ2) is 8.07. The monoisotopic (exact) mass is 289 g/mol. The van der Waals surface area contributed by atoms with E-state index in [0.29, 0.717) is 19.8 Å². The highest BCUT2D eigenvalue weighted by molar-refractivity contribution is 4.96. The third-order valence-electron chi connectivity index (χ3n) is 4.05. The lowest BCUT2D eigenvalue weighted by atomic mass is 10.1. The Bertz CT molecular complexity index is 290. The fourth-order valence-electron chi connectivity index (χ4n) is 3.09. The highest BCUT2D eigenvalue weighted by Gasteiger charge is 2.57. The van der Waals surface area contributed by atoms with Gasteiger partial charge in [-0.05, 0) is 13.0 Å². The van der Waals surface area contributed by atoms with E-state index in [4.69, 9.17) is 18.9 Å². The Hall–Kier alpha value is -0.500. The van der Waals surface area contributed by atoms with Crippen molar-refractivity contribution in [1.82, 2.24) is 0 Å². The Balaban J connectivity index is 3.13. The van der Waals surface area contributed by atoms with Crippen molar-refractivity contribution in [3.8, 4) is 0 Å². The number of hydroxylamine groups is 3. The number of hydrogen-bond donors (Lipinski definition) is 0.